The number of nitrogens with one attached hydrogen (secondary N) is 1. The Morgan fingerprint density at radius 2 is 2.15 bits per heavy atom. The normalized spacial score (nSPS) is 10.9. The Hall–Kier alpha value is -1.53. The number of anilines is 1. The molecule has 1 N–H and O–H groups in total. The predicted octanol–water partition coefficient (Wildman–Crippen LogP) is 4.69. The third-order valence-electron chi connectivity index (χ3n) is 2.84. The summed E-state index contributed by atoms with van der Waals surface area (Å²) in [5.74, 6) is 0.815. The van der Waals surface area contributed by atoms with Gasteiger partial charge in [-0.2, -0.15) is 0 Å². The summed E-state index contributed by atoms with van der Waals surface area (Å²) >= 11 is 4.77. The van der Waals surface area contributed by atoms with Gasteiger partial charge in [0.2, 0.25) is 0 Å². The van der Waals surface area contributed by atoms with Gasteiger partial charge in [-0.25, -0.2) is 14.4 Å². The van der Waals surface area contributed by atoms with Crippen molar-refractivity contribution in [2.24, 2.45) is 0 Å². The Balaban J connectivity index is 2.20. The van der Waals surface area contributed by atoms with Crippen LogP contribution in [-0.2, 0) is 0 Å². The molecule has 0 aliphatic heterocycles. The molecule has 0 spiro atoms. The van der Waals surface area contributed by atoms with Gasteiger partial charge in [0.1, 0.15) is 16.5 Å². The second-order valence-electron chi connectivity index (χ2n) is 4.19. The third kappa shape index (κ3) is 2.41. The number of benzene rings is 1. The lowest BCUT2D eigenvalue weighted by Crippen LogP contribution is -2.02. The first-order valence-electron chi connectivity index (χ1n) is 6.13. The summed E-state index contributed by atoms with van der Waals surface area (Å²) in [5.41, 5.74) is 0.405. The van der Waals surface area contributed by atoms with Gasteiger partial charge in [0, 0.05) is 11.0 Å². The second kappa shape index (κ2) is 5.46. The lowest BCUT2D eigenvalue weighted by Gasteiger charge is -2.08. The minimum Gasteiger partial charge on any atom is -0.370 e. The van der Waals surface area contributed by atoms with Crippen LogP contribution in [0.15, 0.2) is 34.1 Å². The highest BCUT2D eigenvalue weighted by atomic mass is 79.9. The number of thiophene rings is 1. The van der Waals surface area contributed by atoms with Crippen LogP contribution in [0, 0.1) is 5.82 Å². The number of rotatable bonds is 3. The molecule has 102 valence electrons. The summed E-state index contributed by atoms with van der Waals surface area (Å²) in [6.45, 7) is 2.75. The smallest absolute Gasteiger partial charge is 0.166 e. The zero-order valence-corrected chi connectivity index (χ0v) is 13.1. The molecule has 0 bridgehead atoms. The molecular formula is C14H11BrFN3S. The predicted molar refractivity (Wildman–Crippen MR) is 84.7 cm³/mol. The molecule has 0 atom stereocenters. The average Bonchev–Trinajstić information content (AvgIpc) is 2.87. The SMILES string of the molecule is CCNc1nc(-c2ccc(Br)cc2F)nc2sccc12. The molecule has 0 fully saturated rings. The van der Waals surface area contributed by atoms with E-state index in [0.29, 0.717) is 15.9 Å². The Labute approximate surface area is 128 Å². The van der Waals surface area contributed by atoms with Crippen molar-refractivity contribution >= 4 is 43.3 Å². The van der Waals surface area contributed by atoms with Crippen molar-refractivity contribution in [3.05, 3.63) is 39.9 Å². The molecule has 6 heteroatoms. The molecular weight excluding hydrogens is 341 g/mol. The van der Waals surface area contributed by atoms with Crippen LogP contribution < -0.4 is 5.32 Å². The molecule has 20 heavy (non-hydrogen) atoms. The summed E-state index contributed by atoms with van der Waals surface area (Å²) in [4.78, 5) is 9.76. The molecule has 0 saturated carbocycles. The molecule has 0 unspecified atom stereocenters. The van der Waals surface area contributed by atoms with Gasteiger partial charge >= 0.3 is 0 Å². The second-order valence-corrected chi connectivity index (χ2v) is 6.00. The molecule has 2 heterocycles. The first-order chi connectivity index (χ1) is 9.69. The average molecular weight is 352 g/mol. The Morgan fingerprint density at radius 1 is 1.30 bits per heavy atom. The van der Waals surface area contributed by atoms with E-state index in [4.69, 9.17) is 0 Å². The van der Waals surface area contributed by atoms with Gasteiger partial charge in [0.15, 0.2) is 5.82 Å². The molecule has 0 amide bonds. The molecule has 2 aromatic heterocycles. The molecule has 0 saturated heterocycles. The van der Waals surface area contributed by atoms with Gasteiger partial charge in [0.25, 0.3) is 0 Å². The Kier molecular flexibility index (Phi) is 3.67. The third-order valence-corrected chi connectivity index (χ3v) is 4.14. The summed E-state index contributed by atoms with van der Waals surface area (Å²) in [6, 6.07) is 6.86. The van der Waals surface area contributed by atoms with Gasteiger partial charge in [-0.15, -0.1) is 11.3 Å². The minimum absolute atomic E-state index is 0.335. The zero-order valence-electron chi connectivity index (χ0n) is 10.7. The van der Waals surface area contributed by atoms with E-state index in [1.165, 1.54) is 17.4 Å². The maximum Gasteiger partial charge on any atom is 0.166 e. The van der Waals surface area contributed by atoms with Crippen molar-refractivity contribution in [3.63, 3.8) is 0 Å². The van der Waals surface area contributed by atoms with Crippen LogP contribution in [-0.4, -0.2) is 16.5 Å². The van der Waals surface area contributed by atoms with Crippen LogP contribution in [0.1, 0.15) is 6.92 Å². The van der Waals surface area contributed by atoms with Gasteiger partial charge in [-0.05, 0) is 36.6 Å². The summed E-state index contributed by atoms with van der Waals surface area (Å²) in [7, 11) is 0. The number of fused-ring (bicyclic) bond motifs is 1. The first kappa shape index (κ1) is 13.5. The molecule has 3 aromatic rings. The fourth-order valence-electron chi connectivity index (χ4n) is 1.95. The van der Waals surface area contributed by atoms with E-state index in [-0.39, 0.29) is 5.82 Å². The standard InChI is InChI=1S/C14H11BrFN3S/c1-2-17-12-10-5-6-20-14(10)19-13(18-12)9-4-3-8(15)7-11(9)16/h3-7H,2H2,1H3,(H,17,18,19). The highest BCUT2D eigenvalue weighted by Crippen LogP contribution is 2.30. The van der Waals surface area contributed by atoms with Crippen molar-refractivity contribution in [1.29, 1.82) is 0 Å². The monoisotopic (exact) mass is 351 g/mol. The number of hydrogen-bond donors (Lipinski definition) is 1. The van der Waals surface area contributed by atoms with E-state index in [1.54, 1.807) is 12.1 Å². The van der Waals surface area contributed by atoms with Crippen LogP contribution in [0.3, 0.4) is 0 Å². The van der Waals surface area contributed by atoms with Gasteiger partial charge in [0.05, 0.1) is 10.9 Å². The van der Waals surface area contributed by atoms with E-state index in [1.807, 2.05) is 18.4 Å². The summed E-state index contributed by atoms with van der Waals surface area (Å²) < 4.78 is 14.7. The van der Waals surface area contributed by atoms with Crippen LogP contribution >= 0.6 is 27.3 Å². The quantitative estimate of drug-likeness (QED) is 0.743. The maximum atomic E-state index is 14.1. The number of aromatic nitrogens is 2. The van der Waals surface area contributed by atoms with E-state index < -0.39 is 0 Å². The van der Waals surface area contributed by atoms with Crippen LogP contribution in [0.5, 0.6) is 0 Å². The van der Waals surface area contributed by atoms with Gasteiger partial charge in [-0.3, -0.25) is 0 Å². The minimum atomic E-state index is -0.335. The fourth-order valence-corrected chi connectivity index (χ4v) is 3.05. The van der Waals surface area contributed by atoms with Crippen molar-refractivity contribution < 1.29 is 4.39 Å². The van der Waals surface area contributed by atoms with Crippen molar-refractivity contribution in [1.82, 2.24) is 9.97 Å². The van der Waals surface area contributed by atoms with Crippen LogP contribution in [0.4, 0.5) is 10.2 Å². The Bertz CT molecular complexity index is 772. The van der Waals surface area contributed by atoms with Crippen molar-refractivity contribution in [3.8, 4) is 11.4 Å². The maximum absolute atomic E-state index is 14.1. The number of hydrogen-bond acceptors (Lipinski definition) is 4. The van der Waals surface area contributed by atoms with Crippen LogP contribution in [0.25, 0.3) is 21.6 Å². The lowest BCUT2D eigenvalue weighted by molar-refractivity contribution is 0.629. The largest absolute Gasteiger partial charge is 0.370 e. The lowest BCUT2D eigenvalue weighted by atomic mass is 10.2. The molecule has 1 aromatic carbocycles. The first-order valence-corrected chi connectivity index (χ1v) is 7.81. The highest BCUT2D eigenvalue weighted by molar-refractivity contribution is 9.10. The van der Waals surface area contributed by atoms with E-state index >= 15 is 0 Å². The molecule has 3 nitrogen and oxygen atoms in total. The van der Waals surface area contributed by atoms with Gasteiger partial charge < -0.3 is 5.32 Å². The molecule has 0 aliphatic rings. The summed E-state index contributed by atoms with van der Waals surface area (Å²) in [6.07, 6.45) is 0. The van der Waals surface area contributed by atoms with Gasteiger partial charge in [-0.1, -0.05) is 15.9 Å². The van der Waals surface area contributed by atoms with Crippen molar-refractivity contribution in [2.45, 2.75) is 6.92 Å². The van der Waals surface area contributed by atoms with E-state index in [2.05, 4.69) is 31.2 Å². The van der Waals surface area contributed by atoms with Crippen LogP contribution in [0.2, 0.25) is 0 Å². The van der Waals surface area contributed by atoms with E-state index in [0.717, 1.165) is 22.6 Å². The zero-order chi connectivity index (χ0) is 14.1. The number of halogens is 2. The fraction of sp³-hybridized carbons (Fsp3) is 0.143. The molecule has 0 radical (unpaired) electrons. The molecule has 0 aliphatic carbocycles. The highest BCUT2D eigenvalue weighted by Gasteiger charge is 2.13. The topological polar surface area (TPSA) is 37.8 Å². The summed E-state index contributed by atoms with van der Waals surface area (Å²) in [5, 5.41) is 6.13. The number of nitrogens with zero attached hydrogens (tertiary/aromatic N) is 2. The Morgan fingerprint density at radius 3 is 2.90 bits per heavy atom. The van der Waals surface area contributed by atoms with E-state index in [9.17, 15) is 4.39 Å². The van der Waals surface area contributed by atoms with Crippen molar-refractivity contribution in [2.75, 3.05) is 11.9 Å². The molecule has 3 rings (SSSR count).